The van der Waals surface area contributed by atoms with Crippen LogP contribution in [-0.4, -0.2) is 50.9 Å². The molecule has 0 atom stereocenters. The Balaban J connectivity index is 1.68. The van der Waals surface area contributed by atoms with Gasteiger partial charge in [-0.2, -0.15) is 5.10 Å². The first-order chi connectivity index (χ1) is 16.3. The highest BCUT2D eigenvalue weighted by Gasteiger charge is 2.54. The summed E-state index contributed by atoms with van der Waals surface area (Å²) in [6, 6.07) is 8.73. The molecule has 4 rings (SSSR count). The molecule has 1 aromatic carbocycles. The van der Waals surface area contributed by atoms with Gasteiger partial charge in [-0.25, -0.2) is 4.79 Å². The summed E-state index contributed by atoms with van der Waals surface area (Å²) in [7, 11) is -1.89. The van der Waals surface area contributed by atoms with Crippen molar-refractivity contribution in [3.05, 3.63) is 53.2 Å². The molecule has 2 heterocycles. The van der Waals surface area contributed by atoms with Crippen molar-refractivity contribution in [1.29, 1.82) is 0 Å². The summed E-state index contributed by atoms with van der Waals surface area (Å²) in [5.74, 6) is -0.674. The van der Waals surface area contributed by atoms with Crippen molar-refractivity contribution in [2.75, 3.05) is 5.32 Å². The number of aliphatic hydroxyl groups is 1. The minimum absolute atomic E-state index is 0.0581. The second-order valence-corrected chi connectivity index (χ2v) is 16.3. The first-order valence-electron chi connectivity index (χ1n) is 11.7. The number of amides is 2. The van der Waals surface area contributed by atoms with Crippen LogP contribution in [0.4, 0.5) is 10.6 Å². The van der Waals surface area contributed by atoms with Gasteiger partial charge in [0.05, 0.1) is 25.9 Å². The molecule has 1 fully saturated rings. The normalized spacial score (nSPS) is 18.5. The number of carboxylic acid groups (broad SMARTS) is 1. The molecule has 2 aliphatic rings. The van der Waals surface area contributed by atoms with Gasteiger partial charge >= 0.3 is 6.09 Å². The summed E-state index contributed by atoms with van der Waals surface area (Å²) in [4.78, 5) is 40.2. The summed E-state index contributed by atoms with van der Waals surface area (Å²) in [5.41, 5.74) is 0.466. The summed E-state index contributed by atoms with van der Waals surface area (Å²) in [5, 5.41) is 27.0. The predicted molar refractivity (Wildman–Crippen MR) is 135 cm³/mol. The third kappa shape index (κ3) is 3.95. The average molecular weight is 497 g/mol. The number of hydrogen-bond acceptors (Lipinski definition) is 5. The quantitative estimate of drug-likeness (QED) is 0.311. The third-order valence-electron chi connectivity index (χ3n) is 7.64. The summed E-state index contributed by atoms with van der Waals surface area (Å²) < 4.78 is 0.806. The standard InChI is InChI=1S/C25H32N4O5Si/c1-24(2)20-17(15-28(24)19(31)14-18(30)16-10-7-6-8-11-16)21(29(27-20)23(33)34)26-22(32)25(12-9-13-25)35(3,4)5/h6-8,10-11,14,30H,9,12-13,15H2,1-5H3,(H,26,32)(H,33,34)/b18-14+. The molecule has 0 spiro atoms. The van der Waals surface area contributed by atoms with Crippen LogP contribution in [0.1, 0.15) is 49.9 Å². The van der Waals surface area contributed by atoms with E-state index < -0.39 is 30.7 Å². The Bertz CT molecular complexity index is 1220. The number of aliphatic hydroxyl groups excluding tert-OH is 1. The number of hydrogen-bond donors (Lipinski definition) is 3. The number of fused-ring (bicyclic) bond motifs is 1. The van der Waals surface area contributed by atoms with Crippen LogP contribution in [0.3, 0.4) is 0 Å². The number of anilines is 1. The van der Waals surface area contributed by atoms with Crippen LogP contribution in [0.5, 0.6) is 0 Å². The van der Waals surface area contributed by atoms with Crippen molar-refractivity contribution < 1.29 is 24.6 Å². The van der Waals surface area contributed by atoms with Gasteiger partial charge in [0.25, 0.3) is 5.91 Å². The molecule has 0 bridgehead atoms. The minimum atomic E-state index is -1.89. The van der Waals surface area contributed by atoms with Crippen molar-refractivity contribution in [3.8, 4) is 0 Å². The molecule has 3 N–H and O–H groups in total. The van der Waals surface area contributed by atoms with Gasteiger partial charge in [-0.3, -0.25) is 9.59 Å². The van der Waals surface area contributed by atoms with E-state index in [2.05, 4.69) is 30.1 Å². The lowest BCUT2D eigenvalue weighted by molar-refractivity contribution is -0.131. The number of nitrogens with one attached hydrogen (secondary N) is 1. The van der Waals surface area contributed by atoms with E-state index in [1.807, 2.05) is 6.07 Å². The summed E-state index contributed by atoms with van der Waals surface area (Å²) in [6.07, 6.45) is 2.40. The zero-order valence-electron chi connectivity index (χ0n) is 20.8. The van der Waals surface area contributed by atoms with Crippen LogP contribution in [0.25, 0.3) is 5.76 Å². The molecule has 0 unspecified atom stereocenters. The Kier molecular flexibility index (Phi) is 5.91. The zero-order chi connectivity index (χ0) is 25.8. The SMILES string of the molecule is CC1(C)c2nn(C(=O)O)c(NC(=O)C3([Si](C)(C)C)CCC3)c2CN1C(=O)/C=C(/O)c1ccccc1. The molecule has 9 nitrogen and oxygen atoms in total. The maximum absolute atomic E-state index is 13.5. The van der Waals surface area contributed by atoms with Gasteiger partial charge in [-0.1, -0.05) is 56.4 Å². The Labute approximate surface area is 205 Å². The van der Waals surface area contributed by atoms with Crippen molar-refractivity contribution in [3.63, 3.8) is 0 Å². The van der Waals surface area contributed by atoms with Crippen LogP contribution in [-0.2, 0) is 21.7 Å². The maximum Gasteiger partial charge on any atom is 0.434 e. The second-order valence-electron chi connectivity index (χ2n) is 10.9. The number of benzene rings is 1. The van der Waals surface area contributed by atoms with Crippen LogP contribution >= 0.6 is 0 Å². The van der Waals surface area contributed by atoms with E-state index in [0.29, 0.717) is 16.8 Å². The van der Waals surface area contributed by atoms with Crippen LogP contribution in [0, 0.1) is 0 Å². The van der Waals surface area contributed by atoms with Gasteiger partial charge in [-0.05, 0) is 26.7 Å². The molecule has 1 aromatic heterocycles. The first kappa shape index (κ1) is 24.7. The maximum atomic E-state index is 13.5. The minimum Gasteiger partial charge on any atom is -0.507 e. The fourth-order valence-electron chi connectivity index (χ4n) is 5.16. The molecule has 35 heavy (non-hydrogen) atoms. The van der Waals surface area contributed by atoms with Gasteiger partial charge in [0.1, 0.15) is 11.6 Å². The molecular formula is C25H32N4O5Si. The van der Waals surface area contributed by atoms with Crippen LogP contribution < -0.4 is 5.32 Å². The molecule has 10 heteroatoms. The van der Waals surface area contributed by atoms with Gasteiger partial charge in [-0.15, -0.1) is 4.68 Å². The molecule has 0 radical (unpaired) electrons. The predicted octanol–water partition coefficient (Wildman–Crippen LogP) is 4.79. The van der Waals surface area contributed by atoms with Crippen molar-refractivity contribution in [2.24, 2.45) is 0 Å². The molecule has 1 aliphatic carbocycles. The molecule has 2 aromatic rings. The van der Waals surface area contributed by atoms with Crippen molar-refractivity contribution in [2.45, 2.75) is 69.9 Å². The Morgan fingerprint density at radius 3 is 2.23 bits per heavy atom. The van der Waals surface area contributed by atoms with Crippen molar-refractivity contribution >= 4 is 37.6 Å². The number of aromatic nitrogens is 2. The number of nitrogens with zero attached hydrogens (tertiary/aromatic N) is 3. The number of carbonyl (C=O) groups excluding carboxylic acids is 2. The molecule has 0 saturated heterocycles. The van der Waals surface area contributed by atoms with E-state index in [-0.39, 0.29) is 24.0 Å². The van der Waals surface area contributed by atoms with Crippen LogP contribution in [0.2, 0.25) is 24.7 Å². The Morgan fingerprint density at radius 2 is 1.71 bits per heavy atom. The van der Waals surface area contributed by atoms with Gasteiger partial charge in [0, 0.05) is 22.2 Å². The number of carbonyl (C=O) groups is 3. The Morgan fingerprint density at radius 1 is 1.09 bits per heavy atom. The first-order valence-corrected chi connectivity index (χ1v) is 15.2. The lowest BCUT2D eigenvalue weighted by atomic mass is 9.83. The van der Waals surface area contributed by atoms with E-state index in [1.165, 1.54) is 4.90 Å². The summed E-state index contributed by atoms with van der Waals surface area (Å²) in [6.45, 7) is 10.1. The molecular weight excluding hydrogens is 464 g/mol. The monoisotopic (exact) mass is 496 g/mol. The smallest absolute Gasteiger partial charge is 0.434 e. The van der Waals surface area contributed by atoms with Crippen LogP contribution in [0.15, 0.2) is 36.4 Å². The average Bonchev–Trinajstić information content (AvgIpc) is 3.21. The van der Waals surface area contributed by atoms with Gasteiger partial charge in [0.15, 0.2) is 0 Å². The highest BCUT2D eigenvalue weighted by molar-refractivity contribution is 6.83. The fourth-order valence-corrected chi connectivity index (χ4v) is 7.76. The van der Waals surface area contributed by atoms with E-state index in [4.69, 9.17) is 0 Å². The molecule has 186 valence electrons. The fraction of sp³-hybridized carbons (Fsp3) is 0.440. The van der Waals surface area contributed by atoms with E-state index in [0.717, 1.165) is 30.0 Å². The highest BCUT2D eigenvalue weighted by Crippen LogP contribution is 2.56. The van der Waals surface area contributed by atoms with E-state index in [9.17, 15) is 24.6 Å². The molecule has 2 amide bonds. The zero-order valence-corrected chi connectivity index (χ0v) is 21.8. The van der Waals surface area contributed by atoms with E-state index >= 15 is 0 Å². The molecule has 1 saturated carbocycles. The molecule has 1 aliphatic heterocycles. The lowest BCUT2D eigenvalue weighted by Crippen LogP contribution is -2.52. The van der Waals surface area contributed by atoms with Gasteiger partial charge < -0.3 is 20.4 Å². The summed E-state index contributed by atoms with van der Waals surface area (Å²) >= 11 is 0. The van der Waals surface area contributed by atoms with Gasteiger partial charge in [0.2, 0.25) is 5.91 Å². The third-order valence-corrected chi connectivity index (χ3v) is 11.2. The van der Waals surface area contributed by atoms with E-state index in [1.54, 1.807) is 38.1 Å². The lowest BCUT2D eigenvalue weighted by Gasteiger charge is -2.48. The highest BCUT2D eigenvalue weighted by atomic mass is 28.3. The second kappa shape index (κ2) is 8.37. The topological polar surface area (TPSA) is 125 Å². The number of rotatable bonds is 5. The largest absolute Gasteiger partial charge is 0.507 e. The Hall–Kier alpha value is -3.40. The van der Waals surface area contributed by atoms with Crippen molar-refractivity contribution in [1.82, 2.24) is 14.7 Å².